The fraction of sp³-hybridized carbons (Fsp3) is 0.219. The topological polar surface area (TPSA) is 111 Å². The van der Waals surface area contributed by atoms with Crippen LogP contribution in [0.2, 0.25) is 0 Å². The molecule has 2 heterocycles. The third kappa shape index (κ3) is 5.32. The quantitative estimate of drug-likeness (QED) is 0.273. The van der Waals surface area contributed by atoms with Crippen LogP contribution >= 0.6 is 0 Å². The van der Waals surface area contributed by atoms with Crippen molar-refractivity contribution in [3.63, 3.8) is 0 Å². The lowest BCUT2D eigenvalue weighted by molar-refractivity contribution is 0.102. The standard InChI is InChI=1S/C32H31N7O2/c1-20-12-13-24(35-31(40)26-15-23(32(3,4)5)14-22(17-33)30(26)41-6)16-29(20)38-19-28(36-37-38)27-18-34-39(21(27)2)25-10-8-7-9-11-25/h7-16,18-19H,1-6H3,(H,35,40). The molecule has 9 nitrogen and oxygen atoms in total. The fourth-order valence-electron chi connectivity index (χ4n) is 4.66. The molecule has 5 rings (SSSR count). The number of methoxy groups -OCH3 is 1. The lowest BCUT2D eigenvalue weighted by atomic mass is 9.84. The van der Waals surface area contributed by atoms with Crippen molar-refractivity contribution >= 4 is 11.6 Å². The van der Waals surface area contributed by atoms with E-state index in [1.807, 2.05) is 94.0 Å². The van der Waals surface area contributed by atoms with Crippen LogP contribution in [-0.2, 0) is 5.41 Å². The largest absolute Gasteiger partial charge is 0.495 e. The summed E-state index contributed by atoms with van der Waals surface area (Å²) in [7, 11) is 1.46. The molecule has 0 radical (unpaired) electrons. The summed E-state index contributed by atoms with van der Waals surface area (Å²) in [6.45, 7) is 10.1. The number of carbonyl (C=O) groups excluding carboxylic acids is 1. The van der Waals surface area contributed by atoms with Gasteiger partial charge in [0.1, 0.15) is 17.5 Å². The van der Waals surface area contributed by atoms with Gasteiger partial charge in [-0.2, -0.15) is 10.4 Å². The van der Waals surface area contributed by atoms with Crippen molar-refractivity contribution in [1.82, 2.24) is 24.8 Å². The summed E-state index contributed by atoms with van der Waals surface area (Å²) in [4.78, 5) is 13.5. The van der Waals surface area contributed by atoms with Gasteiger partial charge in [0.2, 0.25) is 0 Å². The molecule has 9 heteroatoms. The highest BCUT2D eigenvalue weighted by Crippen LogP contribution is 2.32. The van der Waals surface area contributed by atoms with Crippen LogP contribution in [0.3, 0.4) is 0 Å². The Labute approximate surface area is 239 Å². The van der Waals surface area contributed by atoms with E-state index in [1.165, 1.54) is 7.11 Å². The highest BCUT2D eigenvalue weighted by Gasteiger charge is 2.23. The number of carbonyl (C=O) groups is 1. The molecular weight excluding hydrogens is 514 g/mol. The first-order valence-electron chi connectivity index (χ1n) is 13.2. The smallest absolute Gasteiger partial charge is 0.259 e. The molecule has 0 saturated heterocycles. The van der Waals surface area contributed by atoms with Crippen LogP contribution in [0, 0.1) is 25.2 Å². The number of rotatable bonds is 6. The predicted octanol–water partition coefficient (Wildman–Crippen LogP) is 6.17. The lowest BCUT2D eigenvalue weighted by Crippen LogP contribution is -2.18. The molecule has 0 unspecified atom stereocenters. The summed E-state index contributed by atoms with van der Waals surface area (Å²) in [6.07, 6.45) is 3.64. The summed E-state index contributed by atoms with van der Waals surface area (Å²) in [5.41, 5.74) is 6.99. The number of anilines is 1. The number of aromatic nitrogens is 5. The van der Waals surface area contributed by atoms with Crippen LogP contribution in [0.1, 0.15) is 53.5 Å². The minimum absolute atomic E-state index is 0.248. The van der Waals surface area contributed by atoms with Crippen LogP contribution in [0.5, 0.6) is 5.75 Å². The predicted molar refractivity (Wildman–Crippen MR) is 158 cm³/mol. The Hall–Kier alpha value is -5.23. The van der Waals surface area contributed by atoms with Gasteiger partial charge >= 0.3 is 0 Å². The lowest BCUT2D eigenvalue weighted by Gasteiger charge is -2.22. The van der Waals surface area contributed by atoms with Crippen molar-refractivity contribution in [2.45, 2.75) is 40.0 Å². The second-order valence-electron chi connectivity index (χ2n) is 10.9. The van der Waals surface area contributed by atoms with Crippen LogP contribution in [0.25, 0.3) is 22.6 Å². The first kappa shape index (κ1) is 27.3. The summed E-state index contributed by atoms with van der Waals surface area (Å²) in [5.74, 6) is -0.125. The second kappa shape index (κ2) is 10.7. The Balaban J connectivity index is 1.45. The molecule has 0 atom stereocenters. The summed E-state index contributed by atoms with van der Waals surface area (Å²) in [5, 5.41) is 26.0. The molecule has 5 aromatic rings. The fourth-order valence-corrected chi connectivity index (χ4v) is 4.66. The van der Waals surface area contributed by atoms with Crippen molar-refractivity contribution in [1.29, 1.82) is 5.26 Å². The number of ether oxygens (including phenoxy) is 1. The van der Waals surface area contributed by atoms with E-state index >= 15 is 0 Å². The van der Waals surface area contributed by atoms with Gasteiger partial charge in [-0.05, 0) is 66.8 Å². The molecule has 1 amide bonds. The Bertz CT molecular complexity index is 1790. The number of hydrogen-bond donors (Lipinski definition) is 1. The van der Waals surface area contributed by atoms with Crippen molar-refractivity contribution in [2.75, 3.05) is 12.4 Å². The first-order chi connectivity index (χ1) is 19.6. The maximum atomic E-state index is 13.5. The van der Waals surface area contributed by atoms with Crippen LogP contribution in [0.15, 0.2) is 73.1 Å². The van der Waals surface area contributed by atoms with E-state index in [4.69, 9.17) is 4.74 Å². The van der Waals surface area contributed by atoms with E-state index in [1.54, 1.807) is 23.0 Å². The summed E-state index contributed by atoms with van der Waals surface area (Å²) >= 11 is 0. The number of nitriles is 1. The maximum Gasteiger partial charge on any atom is 0.259 e. The Morgan fingerprint density at radius 1 is 1.05 bits per heavy atom. The van der Waals surface area contributed by atoms with Gasteiger partial charge in [-0.1, -0.05) is 50.3 Å². The van der Waals surface area contributed by atoms with Gasteiger partial charge in [0.15, 0.2) is 0 Å². The number of benzene rings is 3. The summed E-state index contributed by atoms with van der Waals surface area (Å²) < 4.78 is 9.04. The molecule has 2 aromatic heterocycles. The zero-order valence-corrected chi connectivity index (χ0v) is 23.9. The maximum absolute atomic E-state index is 13.5. The van der Waals surface area contributed by atoms with Crippen molar-refractivity contribution in [3.05, 3.63) is 101 Å². The highest BCUT2D eigenvalue weighted by molar-refractivity contribution is 6.07. The molecule has 206 valence electrons. The minimum Gasteiger partial charge on any atom is -0.495 e. The number of nitrogens with one attached hydrogen (secondary N) is 1. The minimum atomic E-state index is -0.373. The van der Waals surface area contributed by atoms with Crippen molar-refractivity contribution in [3.8, 4) is 34.5 Å². The van der Waals surface area contributed by atoms with Gasteiger partial charge in [-0.3, -0.25) is 4.79 Å². The van der Waals surface area contributed by atoms with Gasteiger partial charge in [0.25, 0.3) is 5.91 Å². The molecule has 3 aromatic carbocycles. The molecular formula is C32H31N7O2. The SMILES string of the molecule is COc1c(C#N)cc(C(C)(C)C)cc1C(=O)Nc1ccc(C)c(-n2cc(-c3cnn(-c4ccccc4)c3C)nn2)c1. The van der Waals surface area contributed by atoms with Crippen molar-refractivity contribution in [2.24, 2.45) is 0 Å². The second-order valence-corrected chi connectivity index (χ2v) is 10.9. The first-order valence-corrected chi connectivity index (χ1v) is 13.2. The third-order valence-corrected chi connectivity index (χ3v) is 7.02. The number of aryl methyl sites for hydroxylation is 1. The average molecular weight is 546 g/mol. The van der Waals surface area contributed by atoms with E-state index in [2.05, 4.69) is 26.8 Å². The number of para-hydroxylation sites is 1. The van der Waals surface area contributed by atoms with Crippen LogP contribution in [-0.4, -0.2) is 37.8 Å². The number of amides is 1. The Morgan fingerprint density at radius 3 is 2.49 bits per heavy atom. The molecule has 0 bridgehead atoms. The molecule has 0 saturated carbocycles. The normalized spacial score (nSPS) is 11.2. The van der Waals surface area contributed by atoms with Gasteiger partial charge in [-0.15, -0.1) is 5.10 Å². The molecule has 0 aliphatic rings. The molecule has 0 aliphatic heterocycles. The summed E-state index contributed by atoms with van der Waals surface area (Å²) in [6, 6.07) is 21.2. The highest BCUT2D eigenvalue weighted by atomic mass is 16.5. The van der Waals surface area contributed by atoms with Gasteiger partial charge < -0.3 is 10.1 Å². The number of nitrogens with zero attached hydrogens (tertiary/aromatic N) is 6. The van der Waals surface area contributed by atoms with E-state index in [-0.39, 0.29) is 17.1 Å². The zero-order chi connectivity index (χ0) is 29.3. The molecule has 1 N–H and O–H groups in total. The van der Waals surface area contributed by atoms with Gasteiger partial charge in [-0.25, -0.2) is 9.36 Å². The molecule has 41 heavy (non-hydrogen) atoms. The molecule has 0 fully saturated rings. The van der Waals surface area contributed by atoms with Gasteiger partial charge in [0, 0.05) is 11.3 Å². The van der Waals surface area contributed by atoms with Gasteiger partial charge in [0.05, 0.1) is 47.7 Å². The molecule has 0 aliphatic carbocycles. The van der Waals surface area contributed by atoms with Crippen LogP contribution < -0.4 is 10.1 Å². The van der Waals surface area contributed by atoms with E-state index in [0.29, 0.717) is 22.5 Å². The monoisotopic (exact) mass is 545 g/mol. The van der Waals surface area contributed by atoms with E-state index < -0.39 is 0 Å². The Morgan fingerprint density at radius 2 is 1.80 bits per heavy atom. The average Bonchev–Trinajstić information content (AvgIpc) is 3.59. The van der Waals surface area contributed by atoms with Crippen LogP contribution in [0.4, 0.5) is 5.69 Å². The zero-order valence-electron chi connectivity index (χ0n) is 23.9. The third-order valence-electron chi connectivity index (χ3n) is 7.02. The number of hydrogen-bond acceptors (Lipinski definition) is 6. The molecule has 0 spiro atoms. The van der Waals surface area contributed by atoms with E-state index in [9.17, 15) is 10.1 Å². The Kier molecular flexibility index (Phi) is 7.16. The van der Waals surface area contributed by atoms with E-state index in [0.717, 1.165) is 33.8 Å². The van der Waals surface area contributed by atoms with Crippen molar-refractivity contribution < 1.29 is 9.53 Å².